The monoisotopic (exact) mass is 434 g/mol. The van der Waals surface area contributed by atoms with Gasteiger partial charge in [0.25, 0.3) is 0 Å². The van der Waals surface area contributed by atoms with Crippen molar-refractivity contribution in [2.45, 2.75) is 23.8 Å². The van der Waals surface area contributed by atoms with Crippen LogP contribution in [-0.4, -0.2) is 65.6 Å². The summed E-state index contributed by atoms with van der Waals surface area (Å²) >= 11 is 0. The third-order valence-corrected chi connectivity index (χ3v) is 7.24. The number of nitrogens with zero attached hydrogens (tertiary/aromatic N) is 2. The molecule has 2 aromatic carbocycles. The molecule has 1 saturated heterocycles. The van der Waals surface area contributed by atoms with Gasteiger partial charge in [0.1, 0.15) is 23.9 Å². The van der Waals surface area contributed by atoms with E-state index in [0.29, 0.717) is 12.4 Å². The van der Waals surface area contributed by atoms with Crippen LogP contribution in [0.15, 0.2) is 47.4 Å². The standard InChI is InChI=1S/C22H30N2O5S/c1-23(2)30(25,26)19-10-7-17(8-11-19)29-15-14-24-13-5-6-21(24)20-12-9-18(27-3)16-22(20)28-4/h7-12,16,21H,5-6,13-15H2,1-4H3/t21-/m1/s1. The van der Waals surface area contributed by atoms with Crippen LogP contribution in [0.2, 0.25) is 0 Å². The first-order valence-corrected chi connectivity index (χ1v) is 11.4. The molecule has 1 atom stereocenters. The van der Waals surface area contributed by atoms with Crippen LogP contribution in [0.1, 0.15) is 24.4 Å². The Morgan fingerprint density at radius 1 is 1.03 bits per heavy atom. The van der Waals surface area contributed by atoms with Crippen LogP contribution in [-0.2, 0) is 10.0 Å². The molecule has 7 nitrogen and oxygen atoms in total. The van der Waals surface area contributed by atoms with Gasteiger partial charge in [-0.15, -0.1) is 0 Å². The molecule has 1 aliphatic rings. The smallest absolute Gasteiger partial charge is 0.242 e. The average molecular weight is 435 g/mol. The highest BCUT2D eigenvalue weighted by atomic mass is 32.2. The summed E-state index contributed by atoms with van der Waals surface area (Å²) in [5, 5.41) is 0. The number of methoxy groups -OCH3 is 2. The molecule has 0 N–H and O–H groups in total. The van der Waals surface area contributed by atoms with E-state index >= 15 is 0 Å². The highest BCUT2D eigenvalue weighted by Gasteiger charge is 2.28. The molecule has 3 rings (SSSR count). The molecule has 0 saturated carbocycles. The minimum Gasteiger partial charge on any atom is -0.497 e. The molecule has 0 aliphatic carbocycles. The summed E-state index contributed by atoms with van der Waals surface area (Å²) in [5.41, 5.74) is 1.16. The second-order valence-electron chi connectivity index (χ2n) is 7.41. The Balaban J connectivity index is 1.61. The van der Waals surface area contributed by atoms with E-state index < -0.39 is 10.0 Å². The molecule has 0 bridgehead atoms. The van der Waals surface area contributed by atoms with Crippen molar-refractivity contribution in [3.63, 3.8) is 0 Å². The van der Waals surface area contributed by atoms with E-state index in [1.165, 1.54) is 18.4 Å². The second-order valence-corrected chi connectivity index (χ2v) is 9.56. The first kappa shape index (κ1) is 22.4. The van der Waals surface area contributed by atoms with E-state index in [1.54, 1.807) is 38.5 Å². The predicted molar refractivity (Wildman–Crippen MR) is 116 cm³/mol. The van der Waals surface area contributed by atoms with Crippen molar-refractivity contribution in [2.24, 2.45) is 0 Å². The Labute approximate surface area is 179 Å². The highest BCUT2D eigenvalue weighted by Crippen LogP contribution is 2.38. The fourth-order valence-electron chi connectivity index (χ4n) is 3.74. The molecule has 0 unspecified atom stereocenters. The zero-order valence-corrected chi connectivity index (χ0v) is 18.8. The summed E-state index contributed by atoms with van der Waals surface area (Å²) in [6, 6.07) is 12.8. The van der Waals surface area contributed by atoms with Crippen molar-refractivity contribution in [3.8, 4) is 17.2 Å². The number of rotatable bonds is 9. The summed E-state index contributed by atoms with van der Waals surface area (Å²) in [7, 11) is 2.94. The van der Waals surface area contributed by atoms with Crippen LogP contribution in [0.5, 0.6) is 17.2 Å². The molecule has 164 valence electrons. The summed E-state index contributed by atoms with van der Waals surface area (Å²) in [6.07, 6.45) is 2.19. The largest absolute Gasteiger partial charge is 0.497 e. The van der Waals surface area contributed by atoms with Crippen LogP contribution in [0.3, 0.4) is 0 Å². The van der Waals surface area contributed by atoms with Crippen LogP contribution in [0, 0.1) is 0 Å². The average Bonchev–Trinajstić information content (AvgIpc) is 3.21. The highest BCUT2D eigenvalue weighted by molar-refractivity contribution is 7.89. The second kappa shape index (κ2) is 9.68. The molecule has 8 heteroatoms. The van der Waals surface area contributed by atoms with Gasteiger partial charge in [-0.25, -0.2) is 12.7 Å². The topological polar surface area (TPSA) is 68.3 Å². The zero-order chi connectivity index (χ0) is 21.7. The lowest BCUT2D eigenvalue weighted by atomic mass is 10.0. The van der Waals surface area contributed by atoms with Gasteiger partial charge in [-0.2, -0.15) is 0 Å². The Hall–Kier alpha value is -2.29. The van der Waals surface area contributed by atoms with E-state index in [1.807, 2.05) is 12.1 Å². The van der Waals surface area contributed by atoms with E-state index in [9.17, 15) is 8.42 Å². The molecule has 0 spiro atoms. The molecular weight excluding hydrogens is 404 g/mol. The predicted octanol–water partition coefficient (Wildman–Crippen LogP) is 3.17. The van der Waals surface area contributed by atoms with Crippen LogP contribution in [0.25, 0.3) is 0 Å². The van der Waals surface area contributed by atoms with Gasteiger partial charge in [-0.3, -0.25) is 4.90 Å². The summed E-state index contributed by atoms with van der Waals surface area (Å²) in [4.78, 5) is 2.65. The van der Waals surface area contributed by atoms with Gasteiger partial charge in [0.2, 0.25) is 10.0 Å². The van der Waals surface area contributed by atoms with Gasteiger partial charge in [0.15, 0.2) is 0 Å². The lowest BCUT2D eigenvalue weighted by Crippen LogP contribution is -2.28. The van der Waals surface area contributed by atoms with Crippen LogP contribution in [0.4, 0.5) is 0 Å². The lowest BCUT2D eigenvalue weighted by molar-refractivity contribution is 0.195. The summed E-state index contributed by atoms with van der Waals surface area (Å²) < 4.78 is 42.3. The third kappa shape index (κ3) is 4.88. The molecule has 2 aromatic rings. The molecule has 1 heterocycles. The van der Waals surface area contributed by atoms with Gasteiger partial charge in [0, 0.05) is 38.3 Å². The third-order valence-electron chi connectivity index (χ3n) is 5.41. The fraction of sp³-hybridized carbons (Fsp3) is 0.455. The van der Waals surface area contributed by atoms with E-state index in [0.717, 1.165) is 43.0 Å². The quantitative estimate of drug-likeness (QED) is 0.604. The number of hydrogen-bond acceptors (Lipinski definition) is 6. The Morgan fingerprint density at radius 3 is 2.37 bits per heavy atom. The number of benzene rings is 2. The van der Waals surface area contributed by atoms with Gasteiger partial charge < -0.3 is 14.2 Å². The first-order chi connectivity index (χ1) is 14.4. The molecule has 30 heavy (non-hydrogen) atoms. The molecule has 1 aliphatic heterocycles. The van der Waals surface area contributed by atoms with Gasteiger partial charge in [0.05, 0.1) is 19.1 Å². The number of hydrogen-bond donors (Lipinski definition) is 0. The lowest BCUT2D eigenvalue weighted by Gasteiger charge is -2.26. The summed E-state index contributed by atoms with van der Waals surface area (Å²) in [6.45, 7) is 2.30. The normalized spacial score (nSPS) is 17.3. The SMILES string of the molecule is COc1ccc([C@H]2CCCN2CCOc2ccc(S(=O)(=O)N(C)C)cc2)c(OC)c1. The van der Waals surface area contributed by atoms with Crippen molar-refractivity contribution in [3.05, 3.63) is 48.0 Å². The van der Waals surface area contributed by atoms with Crippen molar-refractivity contribution in [1.82, 2.24) is 9.21 Å². The number of ether oxygens (including phenoxy) is 3. The number of likely N-dealkylation sites (tertiary alicyclic amines) is 1. The van der Waals surface area contributed by atoms with Crippen LogP contribution >= 0.6 is 0 Å². The van der Waals surface area contributed by atoms with Crippen molar-refractivity contribution < 1.29 is 22.6 Å². The van der Waals surface area contributed by atoms with Gasteiger partial charge >= 0.3 is 0 Å². The van der Waals surface area contributed by atoms with E-state index in [2.05, 4.69) is 11.0 Å². The molecule has 1 fully saturated rings. The minimum absolute atomic E-state index is 0.256. The van der Waals surface area contributed by atoms with Crippen molar-refractivity contribution in [2.75, 3.05) is 48.0 Å². The maximum Gasteiger partial charge on any atom is 0.242 e. The van der Waals surface area contributed by atoms with E-state index in [4.69, 9.17) is 14.2 Å². The molecule has 0 aromatic heterocycles. The maximum atomic E-state index is 12.2. The maximum absolute atomic E-state index is 12.2. The summed E-state index contributed by atoms with van der Waals surface area (Å²) in [5.74, 6) is 2.28. The molecule has 0 radical (unpaired) electrons. The first-order valence-electron chi connectivity index (χ1n) is 9.98. The van der Waals surface area contributed by atoms with E-state index in [-0.39, 0.29) is 10.9 Å². The molecule has 0 amide bonds. The number of sulfonamides is 1. The zero-order valence-electron chi connectivity index (χ0n) is 18.0. The van der Waals surface area contributed by atoms with Crippen molar-refractivity contribution >= 4 is 10.0 Å². The Bertz CT molecular complexity index is 945. The minimum atomic E-state index is -3.43. The van der Waals surface area contributed by atoms with Crippen molar-refractivity contribution in [1.29, 1.82) is 0 Å². The Morgan fingerprint density at radius 2 is 1.73 bits per heavy atom. The van der Waals surface area contributed by atoms with Gasteiger partial charge in [-0.1, -0.05) is 6.07 Å². The molecular formula is C22H30N2O5S. The Kier molecular flexibility index (Phi) is 7.23. The van der Waals surface area contributed by atoms with Crippen LogP contribution < -0.4 is 14.2 Å². The fourth-order valence-corrected chi connectivity index (χ4v) is 4.64. The van der Waals surface area contributed by atoms with Gasteiger partial charge in [-0.05, 0) is 49.7 Å².